The average Bonchev–Trinajstić information content (AvgIpc) is 2.64. The lowest BCUT2D eigenvalue weighted by atomic mass is 10.0. The monoisotopic (exact) mass is 317 g/mol. The minimum Gasteiger partial charge on any atom is -0.393 e. The Morgan fingerprint density at radius 1 is 1.35 bits per heavy atom. The third kappa shape index (κ3) is 2.88. The third-order valence-corrected chi connectivity index (χ3v) is 4.19. The first-order chi connectivity index (χ1) is 9.34. The first kappa shape index (κ1) is 15.1. The van der Waals surface area contributed by atoms with Crippen molar-refractivity contribution in [3.8, 4) is 0 Å². The topological polar surface area (TPSA) is 43.1 Å². The van der Waals surface area contributed by atoms with Gasteiger partial charge >= 0.3 is 6.18 Å². The van der Waals surface area contributed by atoms with Crippen molar-refractivity contribution in [3.63, 3.8) is 0 Å². The summed E-state index contributed by atoms with van der Waals surface area (Å²) >= 11 is 2.42. The largest absolute Gasteiger partial charge is 0.416 e. The minimum atomic E-state index is -4.45. The highest BCUT2D eigenvalue weighted by Crippen LogP contribution is 2.41. The van der Waals surface area contributed by atoms with Crippen molar-refractivity contribution in [2.45, 2.75) is 6.18 Å². The Morgan fingerprint density at radius 2 is 2.05 bits per heavy atom. The number of ketones is 1. The molecular weight excluding hydrogens is 307 g/mol. The number of nitrogens with two attached hydrogens (primary N) is 1. The fraction of sp³-hybridized carbons (Fsp3) is 0.154. The highest BCUT2D eigenvalue weighted by molar-refractivity contribution is 8.10. The van der Waals surface area contributed by atoms with Gasteiger partial charge in [0.1, 0.15) is 0 Å². The molecule has 0 unspecified atom stereocenters. The number of hydrogen-bond donors (Lipinski definition) is 1. The van der Waals surface area contributed by atoms with Crippen molar-refractivity contribution in [1.82, 2.24) is 0 Å². The standard InChI is InChI=1S/C13H10F3NOS2/c1-19-6-9-11(18)10(12(17)20-9)7-3-2-4-8(5-7)13(14,15)16/h2-6H,17H2,1H3. The maximum atomic E-state index is 12.7. The van der Waals surface area contributed by atoms with E-state index in [1.54, 1.807) is 11.7 Å². The van der Waals surface area contributed by atoms with Gasteiger partial charge in [0, 0.05) is 0 Å². The number of thioether (sulfide) groups is 2. The summed E-state index contributed by atoms with van der Waals surface area (Å²) in [6.45, 7) is 0. The Balaban J connectivity index is 2.45. The number of hydrogen-bond acceptors (Lipinski definition) is 4. The van der Waals surface area contributed by atoms with Gasteiger partial charge in [0.25, 0.3) is 0 Å². The molecule has 1 aromatic carbocycles. The molecule has 1 heterocycles. The molecule has 0 spiro atoms. The van der Waals surface area contributed by atoms with Crippen LogP contribution in [0.15, 0.2) is 39.6 Å². The highest BCUT2D eigenvalue weighted by atomic mass is 32.2. The number of benzene rings is 1. The van der Waals surface area contributed by atoms with Gasteiger partial charge in [-0.05, 0) is 29.4 Å². The molecule has 7 heteroatoms. The molecule has 0 aliphatic carbocycles. The summed E-state index contributed by atoms with van der Waals surface area (Å²) in [5, 5.41) is 1.87. The van der Waals surface area contributed by atoms with E-state index in [9.17, 15) is 18.0 Å². The minimum absolute atomic E-state index is 0.140. The molecular formula is C13H10F3NOS2. The van der Waals surface area contributed by atoms with Crippen LogP contribution < -0.4 is 5.73 Å². The Morgan fingerprint density at radius 3 is 2.65 bits per heavy atom. The number of rotatable bonds is 2. The van der Waals surface area contributed by atoms with Crippen LogP contribution in [0.3, 0.4) is 0 Å². The molecule has 0 amide bonds. The number of alkyl halides is 3. The van der Waals surface area contributed by atoms with Crippen LogP contribution in [0.1, 0.15) is 11.1 Å². The second-order valence-electron chi connectivity index (χ2n) is 3.97. The van der Waals surface area contributed by atoms with E-state index in [0.29, 0.717) is 4.91 Å². The van der Waals surface area contributed by atoms with Crippen LogP contribution in [0.4, 0.5) is 13.2 Å². The number of halogens is 3. The van der Waals surface area contributed by atoms with E-state index in [4.69, 9.17) is 5.73 Å². The van der Waals surface area contributed by atoms with Crippen molar-refractivity contribution < 1.29 is 18.0 Å². The fourth-order valence-electron chi connectivity index (χ4n) is 1.76. The van der Waals surface area contributed by atoms with E-state index >= 15 is 0 Å². The Labute approximate surface area is 122 Å². The predicted molar refractivity (Wildman–Crippen MR) is 76.7 cm³/mol. The van der Waals surface area contributed by atoms with E-state index in [2.05, 4.69) is 0 Å². The SMILES string of the molecule is CSC=C1SC(N)=C(c2cccc(C(F)(F)F)c2)C1=O. The lowest BCUT2D eigenvalue weighted by Gasteiger charge is -2.09. The molecule has 0 radical (unpaired) electrons. The normalized spacial score (nSPS) is 18.2. The molecule has 106 valence electrons. The van der Waals surface area contributed by atoms with Crippen molar-refractivity contribution in [2.24, 2.45) is 5.73 Å². The maximum absolute atomic E-state index is 12.7. The molecule has 0 saturated heterocycles. The smallest absolute Gasteiger partial charge is 0.393 e. The first-order valence-corrected chi connectivity index (χ1v) is 7.58. The van der Waals surface area contributed by atoms with Gasteiger partial charge in [-0.25, -0.2) is 0 Å². The van der Waals surface area contributed by atoms with Gasteiger partial charge in [-0.3, -0.25) is 4.79 Å². The van der Waals surface area contributed by atoms with E-state index in [0.717, 1.165) is 23.9 Å². The van der Waals surface area contributed by atoms with Crippen LogP contribution in [0.25, 0.3) is 5.57 Å². The summed E-state index contributed by atoms with van der Waals surface area (Å²) in [7, 11) is 0. The number of Topliss-reactive ketones (excluding diaryl/α,β-unsaturated/α-hetero) is 1. The quantitative estimate of drug-likeness (QED) is 0.841. The lowest BCUT2D eigenvalue weighted by molar-refractivity contribution is -0.137. The molecule has 0 bridgehead atoms. The van der Waals surface area contributed by atoms with Crippen LogP contribution in [0.2, 0.25) is 0 Å². The maximum Gasteiger partial charge on any atom is 0.416 e. The summed E-state index contributed by atoms with van der Waals surface area (Å²) in [5.41, 5.74) is 5.31. The highest BCUT2D eigenvalue weighted by Gasteiger charge is 2.33. The summed E-state index contributed by atoms with van der Waals surface area (Å²) in [6, 6.07) is 4.64. The zero-order valence-electron chi connectivity index (χ0n) is 10.3. The van der Waals surface area contributed by atoms with Crippen molar-refractivity contribution in [2.75, 3.05) is 6.26 Å². The van der Waals surface area contributed by atoms with Gasteiger partial charge in [0.2, 0.25) is 5.78 Å². The molecule has 1 aromatic rings. The van der Waals surface area contributed by atoms with Crippen molar-refractivity contribution in [1.29, 1.82) is 0 Å². The zero-order chi connectivity index (χ0) is 14.9. The second kappa shape index (κ2) is 5.57. The fourth-order valence-corrected chi connectivity index (χ4v) is 3.31. The molecule has 0 atom stereocenters. The molecule has 0 fully saturated rings. The Hall–Kier alpha value is -1.34. The van der Waals surface area contributed by atoms with E-state index < -0.39 is 11.7 Å². The summed E-state index contributed by atoms with van der Waals surface area (Å²) < 4.78 is 38.1. The molecule has 1 aliphatic rings. The summed E-state index contributed by atoms with van der Waals surface area (Å²) in [6.07, 6.45) is -2.66. The molecule has 2 N–H and O–H groups in total. The van der Waals surface area contributed by atoms with Gasteiger partial charge in [-0.1, -0.05) is 23.9 Å². The Kier molecular flexibility index (Phi) is 4.19. The van der Waals surface area contributed by atoms with Crippen molar-refractivity contribution >= 4 is 34.9 Å². The third-order valence-electron chi connectivity index (χ3n) is 2.62. The molecule has 2 rings (SSSR count). The second-order valence-corrected chi connectivity index (χ2v) is 5.76. The molecule has 2 nitrogen and oxygen atoms in total. The lowest BCUT2D eigenvalue weighted by Crippen LogP contribution is -2.07. The van der Waals surface area contributed by atoms with Gasteiger partial charge in [0.15, 0.2) is 0 Å². The number of allylic oxidation sites excluding steroid dienone is 2. The van der Waals surface area contributed by atoms with Crippen LogP contribution in [0, 0.1) is 0 Å². The number of carbonyl (C=O) groups excluding carboxylic acids is 1. The van der Waals surface area contributed by atoms with Gasteiger partial charge in [0.05, 0.1) is 21.1 Å². The van der Waals surface area contributed by atoms with E-state index in [1.165, 1.54) is 23.9 Å². The molecule has 1 aliphatic heterocycles. The molecule has 20 heavy (non-hydrogen) atoms. The predicted octanol–water partition coefficient (Wildman–Crippen LogP) is 3.85. The van der Waals surface area contributed by atoms with Crippen LogP contribution in [-0.2, 0) is 11.0 Å². The summed E-state index contributed by atoms with van der Waals surface area (Å²) in [4.78, 5) is 12.6. The van der Waals surface area contributed by atoms with Crippen molar-refractivity contribution in [3.05, 3.63) is 50.7 Å². The molecule has 0 aromatic heterocycles. The molecule has 0 saturated carbocycles. The van der Waals surface area contributed by atoms with E-state index in [-0.39, 0.29) is 21.9 Å². The zero-order valence-corrected chi connectivity index (χ0v) is 12.0. The van der Waals surface area contributed by atoms with Gasteiger partial charge < -0.3 is 5.73 Å². The number of carbonyl (C=O) groups is 1. The first-order valence-electron chi connectivity index (χ1n) is 5.47. The van der Waals surface area contributed by atoms with Crippen LogP contribution in [0.5, 0.6) is 0 Å². The van der Waals surface area contributed by atoms with E-state index in [1.807, 2.05) is 0 Å². The average molecular weight is 317 g/mol. The van der Waals surface area contributed by atoms with Gasteiger partial charge in [-0.15, -0.1) is 11.8 Å². The summed E-state index contributed by atoms with van der Waals surface area (Å²) in [5.74, 6) is -0.332. The Bertz CT molecular complexity index is 620. The van der Waals surface area contributed by atoms with Crippen LogP contribution >= 0.6 is 23.5 Å². The van der Waals surface area contributed by atoms with Gasteiger partial charge in [-0.2, -0.15) is 13.2 Å². The van der Waals surface area contributed by atoms with Crippen LogP contribution in [-0.4, -0.2) is 12.0 Å².